The standard InChI is InChI=1S/C6H9F3OS/c1-2-3-5(10)11-4-6(7,8)9/h2-4H2,1H3. The molecule has 0 bridgehead atoms. The van der Waals surface area contributed by atoms with Gasteiger partial charge in [-0.05, 0) is 6.42 Å². The highest BCUT2D eigenvalue weighted by atomic mass is 32.2. The second kappa shape index (κ2) is 4.64. The molecule has 0 aliphatic rings. The van der Waals surface area contributed by atoms with Crippen LogP contribution in [0.5, 0.6) is 0 Å². The third-order valence-electron chi connectivity index (χ3n) is 0.851. The third-order valence-corrected chi connectivity index (χ3v) is 1.85. The maximum atomic E-state index is 11.5. The van der Waals surface area contributed by atoms with E-state index in [0.717, 1.165) is 0 Å². The topological polar surface area (TPSA) is 17.1 Å². The van der Waals surface area contributed by atoms with Crippen molar-refractivity contribution in [1.82, 2.24) is 0 Å². The molecule has 11 heavy (non-hydrogen) atoms. The molecular weight excluding hydrogens is 177 g/mol. The number of hydrogen-bond acceptors (Lipinski definition) is 2. The Kier molecular flexibility index (Phi) is 4.56. The Balaban J connectivity index is 3.46. The fourth-order valence-electron chi connectivity index (χ4n) is 0.439. The van der Waals surface area contributed by atoms with Crippen molar-refractivity contribution in [3.63, 3.8) is 0 Å². The van der Waals surface area contributed by atoms with Gasteiger partial charge in [0.25, 0.3) is 0 Å². The van der Waals surface area contributed by atoms with Crippen LogP contribution >= 0.6 is 11.8 Å². The summed E-state index contributed by atoms with van der Waals surface area (Å²) in [6.45, 7) is 1.76. The van der Waals surface area contributed by atoms with E-state index in [1.54, 1.807) is 6.92 Å². The van der Waals surface area contributed by atoms with Crippen LogP contribution in [0.15, 0.2) is 0 Å². The molecule has 0 aromatic heterocycles. The van der Waals surface area contributed by atoms with Gasteiger partial charge in [0.1, 0.15) is 0 Å². The summed E-state index contributed by atoms with van der Waals surface area (Å²) in [6.07, 6.45) is -3.40. The van der Waals surface area contributed by atoms with Gasteiger partial charge in [-0.1, -0.05) is 18.7 Å². The number of carbonyl (C=O) groups excluding carboxylic acids is 1. The van der Waals surface area contributed by atoms with E-state index in [0.29, 0.717) is 18.2 Å². The zero-order chi connectivity index (χ0) is 8.91. The van der Waals surface area contributed by atoms with Crippen LogP contribution in [0.4, 0.5) is 13.2 Å². The van der Waals surface area contributed by atoms with Gasteiger partial charge in [-0.2, -0.15) is 13.2 Å². The summed E-state index contributed by atoms with van der Waals surface area (Å²) in [5, 5.41) is -0.384. The molecule has 1 nitrogen and oxygen atoms in total. The lowest BCUT2D eigenvalue weighted by molar-refractivity contribution is -0.113. The van der Waals surface area contributed by atoms with Gasteiger partial charge in [0.05, 0.1) is 5.75 Å². The van der Waals surface area contributed by atoms with E-state index in [-0.39, 0.29) is 11.5 Å². The summed E-state index contributed by atoms with van der Waals surface area (Å²) in [7, 11) is 0. The quantitative estimate of drug-likeness (QED) is 0.673. The molecule has 0 amide bonds. The Morgan fingerprint density at radius 1 is 1.45 bits per heavy atom. The number of alkyl halides is 3. The molecule has 0 heterocycles. The zero-order valence-electron chi connectivity index (χ0n) is 6.07. The van der Waals surface area contributed by atoms with Crippen molar-refractivity contribution >= 4 is 16.9 Å². The molecule has 5 heteroatoms. The predicted octanol–water partition coefficient (Wildman–Crippen LogP) is 2.61. The molecule has 0 fully saturated rings. The van der Waals surface area contributed by atoms with Crippen LogP contribution in [-0.2, 0) is 4.79 Å². The van der Waals surface area contributed by atoms with E-state index < -0.39 is 11.9 Å². The van der Waals surface area contributed by atoms with Gasteiger partial charge in [0, 0.05) is 6.42 Å². The second-order valence-electron chi connectivity index (χ2n) is 2.03. The number of carbonyl (C=O) groups is 1. The van der Waals surface area contributed by atoms with E-state index >= 15 is 0 Å². The SMILES string of the molecule is CCCC(=O)SCC(F)(F)F. The minimum Gasteiger partial charge on any atom is -0.287 e. The summed E-state index contributed by atoms with van der Waals surface area (Å²) in [6, 6.07) is 0. The minimum absolute atomic E-state index is 0.223. The normalized spacial score (nSPS) is 11.6. The van der Waals surface area contributed by atoms with Crippen LogP contribution in [0.1, 0.15) is 19.8 Å². The van der Waals surface area contributed by atoms with Gasteiger partial charge >= 0.3 is 6.18 Å². The average molecular weight is 186 g/mol. The smallest absolute Gasteiger partial charge is 0.287 e. The van der Waals surface area contributed by atoms with E-state index in [4.69, 9.17) is 0 Å². The molecule has 0 aromatic carbocycles. The molecule has 0 saturated carbocycles. The monoisotopic (exact) mass is 186 g/mol. The van der Waals surface area contributed by atoms with Crippen molar-refractivity contribution in [2.24, 2.45) is 0 Å². The molecule has 66 valence electrons. The maximum absolute atomic E-state index is 11.5. The molecule has 0 aliphatic carbocycles. The van der Waals surface area contributed by atoms with Crippen LogP contribution in [0.25, 0.3) is 0 Å². The first-order valence-corrected chi connectivity index (χ1v) is 4.16. The molecule has 0 spiro atoms. The molecule has 0 radical (unpaired) electrons. The number of thioether (sulfide) groups is 1. The highest BCUT2D eigenvalue weighted by Gasteiger charge is 2.28. The summed E-state index contributed by atoms with van der Waals surface area (Å²) in [5.41, 5.74) is 0. The number of rotatable bonds is 3. The van der Waals surface area contributed by atoms with Crippen molar-refractivity contribution in [1.29, 1.82) is 0 Å². The lowest BCUT2D eigenvalue weighted by Gasteiger charge is -2.03. The molecule has 0 saturated heterocycles. The van der Waals surface area contributed by atoms with Crippen molar-refractivity contribution in [3.8, 4) is 0 Å². The van der Waals surface area contributed by atoms with Crippen LogP contribution < -0.4 is 0 Å². The fourth-order valence-corrected chi connectivity index (χ4v) is 1.11. The van der Waals surface area contributed by atoms with Gasteiger partial charge in [-0.3, -0.25) is 4.79 Å². The van der Waals surface area contributed by atoms with Crippen LogP contribution in [0, 0.1) is 0 Å². The first kappa shape index (κ1) is 10.8. The van der Waals surface area contributed by atoms with Gasteiger partial charge in [0.2, 0.25) is 0 Å². The summed E-state index contributed by atoms with van der Waals surface area (Å²) in [5.74, 6) is -1.06. The summed E-state index contributed by atoms with van der Waals surface area (Å²) in [4.78, 5) is 10.6. The van der Waals surface area contributed by atoms with E-state index in [2.05, 4.69) is 0 Å². The largest absolute Gasteiger partial charge is 0.398 e. The fraction of sp³-hybridized carbons (Fsp3) is 0.833. The number of halogens is 3. The molecule has 0 rings (SSSR count). The maximum Gasteiger partial charge on any atom is 0.398 e. The molecule has 0 N–H and O–H groups in total. The first-order chi connectivity index (χ1) is 4.95. The molecule has 0 aliphatic heterocycles. The Morgan fingerprint density at radius 2 is 2.00 bits per heavy atom. The van der Waals surface area contributed by atoms with Crippen LogP contribution in [0.3, 0.4) is 0 Å². The van der Waals surface area contributed by atoms with E-state index in [9.17, 15) is 18.0 Å². The average Bonchev–Trinajstić information content (AvgIpc) is 1.83. The highest BCUT2D eigenvalue weighted by molar-refractivity contribution is 8.13. The minimum atomic E-state index is -4.23. The van der Waals surface area contributed by atoms with E-state index in [1.165, 1.54) is 0 Å². The Morgan fingerprint density at radius 3 is 2.36 bits per heavy atom. The molecular formula is C6H9F3OS. The van der Waals surface area contributed by atoms with Gasteiger partial charge < -0.3 is 0 Å². The highest BCUT2D eigenvalue weighted by Crippen LogP contribution is 2.22. The van der Waals surface area contributed by atoms with Crippen LogP contribution in [0.2, 0.25) is 0 Å². The van der Waals surface area contributed by atoms with Gasteiger partial charge in [0.15, 0.2) is 5.12 Å². The van der Waals surface area contributed by atoms with Gasteiger partial charge in [-0.15, -0.1) is 0 Å². The third kappa shape index (κ3) is 7.71. The first-order valence-electron chi connectivity index (χ1n) is 3.18. The summed E-state index contributed by atoms with van der Waals surface area (Å²) >= 11 is 0.344. The van der Waals surface area contributed by atoms with Crippen LogP contribution in [-0.4, -0.2) is 17.0 Å². The molecule has 0 atom stereocenters. The van der Waals surface area contributed by atoms with E-state index in [1.807, 2.05) is 0 Å². The number of hydrogen-bond donors (Lipinski definition) is 0. The second-order valence-corrected chi connectivity index (χ2v) is 3.06. The zero-order valence-corrected chi connectivity index (χ0v) is 6.89. The lowest BCUT2D eigenvalue weighted by atomic mass is 10.4. The Bertz CT molecular complexity index is 132. The Hall–Kier alpha value is -0.190. The van der Waals surface area contributed by atoms with Crippen molar-refractivity contribution < 1.29 is 18.0 Å². The molecule has 0 aromatic rings. The van der Waals surface area contributed by atoms with Crippen molar-refractivity contribution in [2.45, 2.75) is 25.9 Å². The summed E-state index contributed by atoms with van der Waals surface area (Å²) < 4.78 is 34.4. The van der Waals surface area contributed by atoms with Crippen molar-refractivity contribution in [3.05, 3.63) is 0 Å². The predicted molar refractivity (Wildman–Crippen MR) is 38.4 cm³/mol. The van der Waals surface area contributed by atoms with Crippen molar-refractivity contribution in [2.75, 3.05) is 5.75 Å². The van der Waals surface area contributed by atoms with Gasteiger partial charge in [-0.25, -0.2) is 0 Å². The lowest BCUT2D eigenvalue weighted by Crippen LogP contribution is -2.12. The molecule has 0 unspecified atom stereocenters. The Labute approximate surface area is 67.3 Å².